The topological polar surface area (TPSA) is 34.1 Å². The molecule has 88 valence electrons. The van der Waals surface area contributed by atoms with Crippen LogP contribution in [0.1, 0.15) is 33.1 Å². The lowest BCUT2D eigenvalue weighted by Gasteiger charge is -2.17. The van der Waals surface area contributed by atoms with Crippen molar-refractivity contribution >= 4 is 9.84 Å². The van der Waals surface area contributed by atoms with Gasteiger partial charge in [0.1, 0.15) is 0 Å². The van der Waals surface area contributed by atoms with Gasteiger partial charge in [-0.2, -0.15) is 0 Å². The molecule has 1 aliphatic carbocycles. The van der Waals surface area contributed by atoms with Crippen LogP contribution in [0.4, 0.5) is 0 Å². The van der Waals surface area contributed by atoms with Crippen molar-refractivity contribution in [2.75, 3.05) is 0 Å². The van der Waals surface area contributed by atoms with Crippen molar-refractivity contribution in [2.45, 2.75) is 43.3 Å². The van der Waals surface area contributed by atoms with Crippen molar-refractivity contribution < 1.29 is 8.42 Å². The van der Waals surface area contributed by atoms with Gasteiger partial charge in [-0.25, -0.2) is 8.42 Å². The van der Waals surface area contributed by atoms with Crippen LogP contribution in [-0.2, 0) is 9.84 Å². The molecule has 1 aromatic rings. The van der Waals surface area contributed by atoms with E-state index in [9.17, 15) is 8.42 Å². The molecule has 1 saturated carbocycles. The molecular weight excluding hydrogens is 220 g/mol. The minimum absolute atomic E-state index is 0.173. The molecular formula is C13H18O2S. The summed E-state index contributed by atoms with van der Waals surface area (Å²) in [6.45, 7) is 4.29. The van der Waals surface area contributed by atoms with Gasteiger partial charge in [0.25, 0.3) is 0 Å². The predicted molar refractivity (Wildman–Crippen MR) is 65.0 cm³/mol. The monoisotopic (exact) mass is 238 g/mol. The molecule has 0 saturated heterocycles. The Balaban J connectivity index is 2.28. The Hall–Kier alpha value is -0.830. The Morgan fingerprint density at radius 1 is 1.19 bits per heavy atom. The largest absolute Gasteiger partial charge is 0.223 e. The maximum absolute atomic E-state index is 12.3. The minimum Gasteiger partial charge on any atom is -0.223 e. The van der Waals surface area contributed by atoms with Crippen LogP contribution in [0, 0.1) is 5.41 Å². The fourth-order valence-corrected chi connectivity index (χ4v) is 4.46. The highest BCUT2D eigenvalue weighted by molar-refractivity contribution is 7.92. The maximum Gasteiger partial charge on any atom is 0.181 e. The first kappa shape index (κ1) is 11.6. The molecule has 0 aliphatic heterocycles. The van der Waals surface area contributed by atoms with E-state index in [1.54, 1.807) is 24.3 Å². The molecule has 2 rings (SSSR count). The van der Waals surface area contributed by atoms with Crippen LogP contribution in [0.2, 0.25) is 0 Å². The Labute approximate surface area is 97.6 Å². The highest BCUT2D eigenvalue weighted by Gasteiger charge is 2.38. The van der Waals surface area contributed by atoms with Crippen molar-refractivity contribution in [3.63, 3.8) is 0 Å². The Kier molecular flexibility index (Phi) is 2.82. The molecule has 2 nitrogen and oxygen atoms in total. The molecule has 0 radical (unpaired) electrons. The van der Waals surface area contributed by atoms with Gasteiger partial charge in [-0.1, -0.05) is 32.0 Å². The summed E-state index contributed by atoms with van der Waals surface area (Å²) in [5.74, 6) is 0. The average Bonchev–Trinajstić information content (AvgIpc) is 2.61. The van der Waals surface area contributed by atoms with E-state index in [2.05, 4.69) is 13.8 Å². The van der Waals surface area contributed by atoms with Gasteiger partial charge < -0.3 is 0 Å². The van der Waals surface area contributed by atoms with Gasteiger partial charge in [-0.05, 0) is 36.8 Å². The maximum atomic E-state index is 12.3. The SMILES string of the molecule is CC1(C)CCC(S(=O)(=O)c2ccccc2)C1. The van der Waals surface area contributed by atoms with Crippen LogP contribution in [0.25, 0.3) is 0 Å². The first-order valence-electron chi connectivity index (χ1n) is 5.71. The van der Waals surface area contributed by atoms with Gasteiger partial charge in [0.05, 0.1) is 10.1 Å². The number of hydrogen-bond donors (Lipinski definition) is 0. The normalized spacial score (nSPS) is 24.5. The lowest BCUT2D eigenvalue weighted by Crippen LogP contribution is -2.19. The number of hydrogen-bond acceptors (Lipinski definition) is 2. The standard InChI is InChI=1S/C13H18O2S/c1-13(2)9-8-12(10-13)16(14,15)11-6-4-3-5-7-11/h3-7,12H,8-10H2,1-2H3. The van der Waals surface area contributed by atoms with Crippen molar-refractivity contribution in [1.29, 1.82) is 0 Å². The molecule has 1 aromatic carbocycles. The molecule has 1 aliphatic rings. The Morgan fingerprint density at radius 3 is 2.31 bits per heavy atom. The molecule has 0 N–H and O–H groups in total. The van der Waals surface area contributed by atoms with Crippen molar-refractivity contribution in [1.82, 2.24) is 0 Å². The van der Waals surface area contributed by atoms with Gasteiger partial charge in [0, 0.05) is 0 Å². The molecule has 0 amide bonds. The smallest absolute Gasteiger partial charge is 0.181 e. The fraction of sp³-hybridized carbons (Fsp3) is 0.538. The second-order valence-corrected chi connectivity index (χ2v) is 7.62. The molecule has 1 atom stereocenters. The molecule has 1 unspecified atom stereocenters. The van der Waals surface area contributed by atoms with E-state index in [-0.39, 0.29) is 10.7 Å². The van der Waals surface area contributed by atoms with E-state index in [0.29, 0.717) is 4.90 Å². The van der Waals surface area contributed by atoms with E-state index >= 15 is 0 Å². The molecule has 0 spiro atoms. The average molecular weight is 238 g/mol. The summed E-state index contributed by atoms with van der Waals surface area (Å²) in [4.78, 5) is 0.470. The molecule has 3 heteroatoms. The summed E-state index contributed by atoms with van der Waals surface area (Å²) in [6.07, 6.45) is 2.58. The van der Waals surface area contributed by atoms with Crippen LogP contribution in [0.15, 0.2) is 35.2 Å². The van der Waals surface area contributed by atoms with Crippen LogP contribution in [-0.4, -0.2) is 13.7 Å². The lowest BCUT2D eigenvalue weighted by atomic mass is 9.92. The number of rotatable bonds is 2. The van der Waals surface area contributed by atoms with Crippen LogP contribution < -0.4 is 0 Å². The van der Waals surface area contributed by atoms with Gasteiger partial charge in [-0.15, -0.1) is 0 Å². The first-order chi connectivity index (χ1) is 7.42. The summed E-state index contributed by atoms with van der Waals surface area (Å²) in [5.41, 5.74) is 0.173. The molecule has 0 aromatic heterocycles. The van der Waals surface area contributed by atoms with Gasteiger partial charge in [-0.3, -0.25) is 0 Å². The van der Waals surface area contributed by atoms with Crippen LogP contribution in [0.3, 0.4) is 0 Å². The highest BCUT2D eigenvalue weighted by Crippen LogP contribution is 2.41. The van der Waals surface area contributed by atoms with Crippen LogP contribution >= 0.6 is 0 Å². The zero-order valence-corrected chi connectivity index (χ0v) is 10.6. The molecule has 0 heterocycles. The minimum atomic E-state index is -3.11. The molecule has 1 fully saturated rings. The molecule has 0 bridgehead atoms. The third-order valence-electron chi connectivity index (χ3n) is 3.43. The van der Waals surface area contributed by atoms with Crippen molar-refractivity contribution in [2.24, 2.45) is 5.41 Å². The fourth-order valence-electron chi connectivity index (χ4n) is 2.44. The zero-order chi connectivity index (χ0) is 11.8. The summed E-state index contributed by atoms with van der Waals surface area (Å²) in [7, 11) is -3.11. The van der Waals surface area contributed by atoms with Crippen molar-refractivity contribution in [3.8, 4) is 0 Å². The summed E-state index contributed by atoms with van der Waals surface area (Å²) < 4.78 is 24.6. The number of sulfone groups is 1. The van der Waals surface area contributed by atoms with E-state index in [1.807, 2.05) is 6.07 Å². The second kappa shape index (κ2) is 3.88. The van der Waals surface area contributed by atoms with Gasteiger partial charge in [0.15, 0.2) is 9.84 Å². The Morgan fingerprint density at radius 2 is 1.81 bits per heavy atom. The predicted octanol–water partition coefficient (Wildman–Crippen LogP) is 3.04. The summed E-state index contributed by atoms with van der Waals surface area (Å²) in [5, 5.41) is -0.190. The zero-order valence-electron chi connectivity index (χ0n) is 9.81. The Bertz CT molecular complexity index is 460. The molecule has 16 heavy (non-hydrogen) atoms. The van der Waals surface area contributed by atoms with E-state index in [1.165, 1.54) is 0 Å². The third kappa shape index (κ3) is 2.14. The summed E-state index contributed by atoms with van der Waals surface area (Å²) >= 11 is 0. The van der Waals surface area contributed by atoms with E-state index in [4.69, 9.17) is 0 Å². The lowest BCUT2D eigenvalue weighted by molar-refractivity contribution is 0.382. The van der Waals surface area contributed by atoms with Gasteiger partial charge in [0.2, 0.25) is 0 Å². The number of benzene rings is 1. The summed E-state index contributed by atoms with van der Waals surface area (Å²) in [6, 6.07) is 8.80. The van der Waals surface area contributed by atoms with Gasteiger partial charge >= 0.3 is 0 Å². The van der Waals surface area contributed by atoms with E-state index in [0.717, 1.165) is 19.3 Å². The quantitative estimate of drug-likeness (QED) is 0.793. The van der Waals surface area contributed by atoms with Crippen molar-refractivity contribution in [3.05, 3.63) is 30.3 Å². The second-order valence-electron chi connectivity index (χ2n) is 5.39. The highest BCUT2D eigenvalue weighted by atomic mass is 32.2. The third-order valence-corrected chi connectivity index (χ3v) is 5.64. The first-order valence-corrected chi connectivity index (χ1v) is 7.25. The van der Waals surface area contributed by atoms with Crippen LogP contribution in [0.5, 0.6) is 0 Å². The van der Waals surface area contributed by atoms with E-state index < -0.39 is 9.84 Å².